The molecule has 3 aromatic rings. The lowest BCUT2D eigenvalue weighted by Crippen LogP contribution is -2.04. The first-order valence-electron chi connectivity index (χ1n) is 8.46. The predicted molar refractivity (Wildman–Crippen MR) is 107 cm³/mol. The lowest BCUT2D eigenvalue weighted by molar-refractivity contribution is -0.106. The highest BCUT2D eigenvalue weighted by atomic mass is 35.5. The number of nitrogens with zero attached hydrogens (tertiary/aromatic N) is 3. The highest BCUT2D eigenvalue weighted by molar-refractivity contribution is 6.32. The molecule has 0 aliphatic heterocycles. The van der Waals surface area contributed by atoms with Crippen molar-refractivity contribution in [3.05, 3.63) is 75.3 Å². The minimum Gasteiger partial charge on any atom is -0.372 e. The number of benzene rings is 2. The Balaban J connectivity index is 0.000000878. The zero-order valence-electron chi connectivity index (χ0n) is 15.8. The Bertz CT molecular complexity index is 1050. The van der Waals surface area contributed by atoms with Crippen molar-refractivity contribution < 1.29 is 9.18 Å². The lowest BCUT2D eigenvalue weighted by Gasteiger charge is -2.08. The SMILES string of the molecule is Cc1ccc(Cn2nc(C)c(-c3ccc(C#N)c(Cl)c3)c2C)cc1F.NC=O. The van der Waals surface area contributed by atoms with E-state index in [-0.39, 0.29) is 12.2 Å². The van der Waals surface area contributed by atoms with Gasteiger partial charge in [0.05, 0.1) is 22.8 Å². The van der Waals surface area contributed by atoms with Crippen LogP contribution in [0, 0.1) is 37.9 Å². The van der Waals surface area contributed by atoms with Crippen molar-refractivity contribution in [2.45, 2.75) is 27.3 Å². The van der Waals surface area contributed by atoms with Crippen molar-refractivity contribution in [1.29, 1.82) is 5.26 Å². The van der Waals surface area contributed by atoms with Gasteiger partial charge in [-0.3, -0.25) is 9.48 Å². The fourth-order valence-corrected chi connectivity index (χ4v) is 3.16. The Labute approximate surface area is 168 Å². The molecule has 28 heavy (non-hydrogen) atoms. The number of aryl methyl sites for hydroxylation is 2. The molecule has 2 N–H and O–H groups in total. The van der Waals surface area contributed by atoms with E-state index in [2.05, 4.69) is 16.9 Å². The molecule has 3 rings (SSSR count). The first-order chi connectivity index (χ1) is 13.3. The van der Waals surface area contributed by atoms with Gasteiger partial charge in [-0.2, -0.15) is 10.4 Å². The number of carbonyl (C=O) groups is 1. The van der Waals surface area contributed by atoms with Crippen molar-refractivity contribution in [3.63, 3.8) is 0 Å². The summed E-state index contributed by atoms with van der Waals surface area (Å²) in [7, 11) is 0. The number of amides is 1. The summed E-state index contributed by atoms with van der Waals surface area (Å²) >= 11 is 6.16. The number of hydrogen-bond acceptors (Lipinski definition) is 3. The molecule has 7 heteroatoms. The van der Waals surface area contributed by atoms with E-state index >= 15 is 0 Å². The van der Waals surface area contributed by atoms with Crippen LogP contribution in [-0.4, -0.2) is 16.2 Å². The maximum atomic E-state index is 13.8. The molecule has 0 radical (unpaired) electrons. The first-order valence-corrected chi connectivity index (χ1v) is 8.84. The molecule has 144 valence electrons. The van der Waals surface area contributed by atoms with Crippen LogP contribution in [0.2, 0.25) is 5.02 Å². The molecule has 1 heterocycles. The van der Waals surface area contributed by atoms with Gasteiger partial charge in [-0.25, -0.2) is 4.39 Å². The van der Waals surface area contributed by atoms with E-state index in [1.165, 1.54) is 0 Å². The Morgan fingerprint density at radius 1 is 1.25 bits per heavy atom. The minimum atomic E-state index is -0.210. The number of hydrogen-bond donors (Lipinski definition) is 1. The molecule has 0 saturated carbocycles. The molecule has 1 aromatic heterocycles. The Hall–Kier alpha value is -3.17. The summed E-state index contributed by atoms with van der Waals surface area (Å²) in [5.74, 6) is -0.210. The predicted octanol–water partition coefficient (Wildman–Crippen LogP) is 4.29. The fraction of sp³-hybridized carbons (Fsp3) is 0.190. The smallest absolute Gasteiger partial charge is 0.204 e. The number of primary amides is 1. The number of halogens is 2. The third-order valence-corrected chi connectivity index (χ3v) is 4.64. The number of nitrogens with two attached hydrogens (primary N) is 1. The molecule has 0 aliphatic carbocycles. The molecular weight excluding hydrogens is 379 g/mol. The molecule has 0 saturated heterocycles. The summed E-state index contributed by atoms with van der Waals surface area (Å²) in [6, 6.07) is 12.7. The van der Waals surface area contributed by atoms with E-state index in [1.807, 2.05) is 30.7 Å². The maximum Gasteiger partial charge on any atom is 0.204 e. The Morgan fingerprint density at radius 3 is 2.50 bits per heavy atom. The number of rotatable bonds is 3. The van der Waals surface area contributed by atoms with Gasteiger partial charge in [0.2, 0.25) is 6.41 Å². The van der Waals surface area contributed by atoms with E-state index in [4.69, 9.17) is 21.7 Å². The van der Waals surface area contributed by atoms with E-state index in [1.54, 1.807) is 31.2 Å². The highest BCUT2D eigenvalue weighted by Crippen LogP contribution is 2.30. The van der Waals surface area contributed by atoms with E-state index < -0.39 is 0 Å². The van der Waals surface area contributed by atoms with Crippen LogP contribution in [0.4, 0.5) is 4.39 Å². The average molecular weight is 399 g/mol. The van der Waals surface area contributed by atoms with Crippen LogP contribution in [0.3, 0.4) is 0 Å². The molecule has 5 nitrogen and oxygen atoms in total. The van der Waals surface area contributed by atoms with Crippen molar-refractivity contribution in [1.82, 2.24) is 9.78 Å². The molecular formula is C21H20ClFN4O. The average Bonchev–Trinajstić information content (AvgIpc) is 2.92. The minimum absolute atomic E-state index is 0.210. The standard InChI is InChI=1S/C20H17ClFN3.CH3NO/c1-12-4-5-15(8-19(12)22)11-25-14(3)20(13(2)24-25)16-6-7-17(10-23)18(21)9-16;2-1-3/h4-9H,11H2,1-3H3;1H,(H2,2,3). The quantitative estimate of drug-likeness (QED) is 0.668. The van der Waals surface area contributed by atoms with Gasteiger partial charge < -0.3 is 5.73 Å². The van der Waals surface area contributed by atoms with E-state index in [0.29, 0.717) is 22.7 Å². The topological polar surface area (TPSA) is 84.7 Å². The van der Waals surface area contributed by atoms with Crippen molar-refractivity contribution in [2.24, 2.45) is 5.73 Å². The third-order valence-electron chi connectivity index (χ3n) is 4.33. The summed E-state index contributed by atoms with van der Waals surface area (Å²) in [5, 5.41) is 14.0. The van der Waals surface area contributed by atoms with Crippen LogP contribution in [0.25, 0.3) is 11.1 Å². The molecule has 0 atom stereocenters. The molecule has 0 spiro atoms. The maximum absolute atomic E-state index is 13.8. The van der Waals surface area contributed by atoms with Gasteiger partial charge in [0.25, 0.3) is 0 Å². The van der Waals surface area contributed by atoms with Crippen LogP contribution in [-0.2, 0) is 11.3 Å². The van der Waals surface area contributed by atoms with Gasteiger partial charge in [0.15, 0.2) is 0 Å². The second-order valence-electron chi connectivity index (χ2n) is 6.23. The van der Waals surface area contributed by atoms with E-state index in [0.717, 1.165) is 28.1 Å². The van der Waals surface area contributed by atoms with Gasteiger partial charge in [0, 0.05) is 11.3 Å². The normalized spacial score (nSPS) is 10.0. The summed E-state index contributed by atoms with van der Waals surface area (Å²) in [5.41, 5.74) is 9.84. The number of carbonyl (C=O) groups excluding carboxylic acids is 1. The summed E-state index contributed by atoms with van der Waals surface area (Å²) in [6.45, 7) is 6.15. The van der Waals surface area contributed by atoms with Crippen molar-refractivity contribution in [3.8, 4) is 17.2 Å². The Kier molecular flexibility index (Phi) is 6.91. The van der Waals surface area contributed by atoms with Crippen LogP contribution in [0.5, 0.6) is 0 Å². The zero-order valence-corrected chi connectivity index (χ0v) is 16.6. The van der Waals surface area contributed by atoms with Crippen LogP contribution >= 0.6 is 11.6 Å². The molecule has 0 bridgehead atoms. The van der Waals surface area contributed by atoms with Crippen molar-refractivity contribution >= 4 is 18.0 Å². The number of aromatic nitrogens is 2. The highest BCUT2D eigenvalue weighted by Gasteiger charge is 2.15. The van der Waals surface area contributed by atoms with Gasteiger partial charge in [0.1, 0.15) is 11.9 Å². The molecule has 2 aromatic carbocycles. The summed E-state index contributed by atoms with van der Waals surface area (Å²) in [4.78, 5) is 8.58. The molecule has 0 aliphatic rings. The second kappa shape index (κ2) is 9.16. The summed E-state index contributed by atoms with van der Waals surface area (Å²) in [6.07, 6.45) is 0.250. The molecule has 0 unspecified atom stereocenters. The van der Waals surface area contributed by atoms with Crippen LogP contribution in [0.1, 0.15) is 28.1 Å². The fourth-order valence-electron chi connectivity index (χ4n) is 2.94. The second-order valence-corrected chi connectivity index (χ2v) is 6.64. The molecule has 1 amide bonds. The Morgan fingerprint density at radius 2 is 1.93 bits per heavy atom. The molecule has 0 fully saturated rings. The number of nitriles is 1. The largest absolute Gasteiger partial charge is 0.372 e. The zero-order chi connectivity index (χ0) is 20.8. The lowest BCUT2D eigenvalue weighted by atomic mass is 10.0. The third kappa shape index (κ3) is 4.56. The van der Waals surface area contributed by atoms with E-state index in [9.17, 15) is 4.39 Å². The van der Waals surface area contributed by atoms with Crippen LogP contribution in [0.15, 0.2) is 36.4 Å². The van der Waals surface area contributed by atoms with Crippen molar-refractivity contribution in [2.75, 3.05) is 0 Å². The van der Waals surface area contributed by atoms with Gasteiger partial charge in [-0.05, 0) is 55.7 Å². The van der Waals surface area contributed by atoms with Gasteiger partial charge in [-0.15, -0.1) is 0 Å². The first kappa shape index (κ1) is 21.1. The monoisotopic (exact) mass is 398 g/mol. The van der Waals surface area contributed by atoms with Crippen LogP contribution < -0.4 is 5.73 Å². The van der Waals surface area contributed by atoms with Gasteiger partial charge >= 0.3 is 0 Å². The summed E-state index contributed by atoms with van der Waals surface area (Å²) < 4.78 is 15.6. The van der Waals surface area contributed by atoms with Gasteiger partial charge in [-0.1, -0.05) is 29.8 Å².